The number of carboxylic acid groups (broad SMARTS) is 3. The second-order valence-corrected chi connectivity index (χ2v) is 13.8. The molecule has 0 amide bonds. The van der Waals surface area contributed by atoms with Gasteiger partial charge < -0.3 is 19.8 Å². The minimum Gasteiger partial charge on any atom is -0.481 e. The number of carbonyl (C=O) groups is 3. The van der Waals surface area contributed by atoms with Crippen molar-refractivity contribution >= 4 is 17.9 Å². The van der Waals surface area contributed by atoms with Gasteiger partial charge in [0.1, 0.15) is 0 Å². The van der Waals surface area contributed by atoms with E-state index >= 15 is 0 Å². The van der Waals surface area contributed by atoms with Crippen molar-refractivity contribution in [2.24, 2.45) is 0 Å². The van der Waals surface area contributed by atoms with E-state index in [1.165, 1.54) is 103 Å². The number of aliphatic carboxylic acids is 3. The minimum absolute atomic E-state index is 0.169. The highest BCUT2D eigenvalue weighted by molar-refractivity contribution is 5.67. The number of allylic oxidation sites excluding steroid dienone is 2. The first-order valence-electron chi connectivity index (χ1n) is 19.5. The predicted octanol–water partition coefficient (Wildman–Crippen LogP) is 10.9. The Morgan fingerprint density at radius 2 is 0.652 bits per heavy atom. The van der Waals surface area contributed by atoms with Crippen LogP contribution in [0.4, 0.5) is 0 Å². The SMILES string of the molecule is CCCCCCCCCCCCCCCCCC/C=C/CCCC[N+](CCCCC(=O)O)(CCCCC(=O)O)CCCCC(=O)O. The highest BCUT2D eigenvalue weighted by Crippen LogP contribution is 2.19. The molecule has 270 valence electrons. The monoisotopic (exact) mass is 653 g/mol. The van der Waals surface area contributed by atoms with E-state index in [4.69, 9.17) is 15.3 Å². The predicted molar refractivity (Wildman–Crippen MR) is 191 cm³/mol. The first-order valence-corrected chi connectivity index (χ1v) is 19.5. The van der Waals surface area contributed by atoms with Crippen LogP contribution in [0.5, 0.6) is 0 Å². The number of hydrogen-bond acceptors (Lipinski definition) is 3. The summed E-state index contributed by atoms with van der Waals surface area (Å²) in [7, 11) is 0. The number of quaternary nitrogens is 1. The maximum absolute atomic E-state index is 11.0. The zero-order chi connectivity index (χ0) is 34.0. The lowest BCUT2D eigenvalue weighted by Crippen LogP contribution is -2.51. The third-order valence-electron chi connectivity index (χ3n) is 9.46. The molecule has 0 aromatic carbocycles. The van der Waals surface area contributed by atoms with Gasteiger partial charge in [0.25, 0.3) is 0 Å². The molecule has 0 bridgehead atoms. The molecule has 0 fully saturated rings. The Bertz CT molecular complexity index is 698. The Morgan fingerprint density at radius 1 is 0.391 bits per heavy atom. The number of hydrogen-bond donors (Lipinski definition) is 3. The van der Waals surface area contributed by atoms with Crippen LogP contribution in [0.2, 0.25) is 0 Å². The summed E-state index contributed by atoms with van der Waals surface area (Å²) in [5.74, 6) is -2.31. The topological polar surface area (TPSA) is 112 Å². The van der Waals surface area contributed by atoms with Crippen LogP contribution in [0, 0.1) is 0 Å². The van der Waals surface area contributed by atoms with Crippen LogP contribution >= 0.6 is 0 Å². The van der Waals surface area contributed by atoms with Crippen molar-refractivity contribution in [2.75, 3.05) is 26.2 Å². The van der Waals surface area contributed by atoms with Crippen LogP contribution < -0.4 is 0 Å². The first-order chi connectivity index (χ1) is 22.3. The van der Waals surface area contributed by atoms with E-state index in [0.29, 0.717) is 19.3 Å². The summed E-state index contributed by atoms with van der Waals surface area (Å²) < 4.78 is 0.849. The van der Waals surface area contributed by atoms with E-state index in [9.17, 15) is 14.4 Å². The molecule has 3 N–H and O–H groups in total. The van der Waals surface area contributed by atoms with E-state index in [1.54, 1.807) is 0 Å². The zero-order valence-electron chi connectivity index (χ0n) is 30.0. The van der Waals surface area contributed by atoms with Crippen molar-refractivity contribution < 1.29 is 34.2 Å². The number of rotatable bonds is 37. The Balaban J connectivity index is 4.20. The number of carboxylic acids is 3. The van der Waals surface area contributed by atoms with Gasteiger partial charge >= 0.3 is 17.9 Å². The smallest absolute Gasteiger partial charge is 0.303 e. The maximum atomic E-state index is 11.0. The molecular formula is C39H74NO6+. The molecule has 0 aliphatic heterocycles. The summed E-state index contributed by atoms with van der Waals surface area (Å²) in [5.41, 5.74) is 0. The summed E-state index contributed by atoms with van der Waals surface area (Å²) in [6, 6.07) is 0. The molecule has 0 atom stereocenters. The molecule has 0 spiro atoms. The van der Waals surface area contributed by atoms with Gasteiger partial charge in [-0.05, 0) is 70.6 Å². The molecule has 0 radical (unpaired) electrons. The quantitative estimate of drug-likeness (QED) is 0.0350. The molecule has 7 nitrogen and oxygen atoms in total. The Morgan fingerprint density at radius 3 is 0.957 bits per heavy atom. The van der Waals surface area contributed by atoms with Gasteiger partial charge in [-0.15, -0.1) is 0 Å². The van der Waals surface area contributed by atoms with E-state index in [2.05, 4.69) is 19.1 Å². The zero-order valence-corrected chi connectivity index (χ0v) is 30.0. The largest absolute Gasteiger partial charge is 0.481 e. The third-order valence-corrected chi connectivity index (χ3v) is 9.46. The van der Waals surface area contributed by atoms with E-state index < -0.39 is 17.9 Å². The van der Waals surface area contributed by atoms with Crippen LogP contribution in [0.1, 0.15) is 193 Å². The van der Waals surface area contributed by atoms with Crippen LogP contribution in [0.3, 0.4) is 0 Å². The van der Waals surface area contributed by atoms with Gasteiger partial charge in [0.15, 0.2) is 0 Å². The lowest BCUT2D eigenvalue weighted by molar-refractivity contribution is -0.929. The molecule has 0 aromatic rings. The summed E-state index contributed by atoms with van der Waals surface area (Å²) >= 11 is 0. The molecule has 0 aliphatic carbocycles. The van der Waals surface area contributed by atoms with E-state index in [0.717, 1.165) is 75.6 Å². The standard InChI is InChI=1S/C39H73NO6/c1-2-3-4-5-6-7-8-9-10-11-12-13-14-15-16-17-18-19-20-21-22-26-33-40(34-27-23-30-37(41)42,35-28-24-31-38(43)44)36-29-25-32-39(45)46/h19-20H,2-18,21-36H2,1H3,(H2-,41,42,43,44,45,46)/p+1/b20-19+. The molecular weight excluding hydrogens is 578 g/mol. The second-order valence-electron chi connectivity index (χ2n) is 13.8. The summed E-state index contributed by atoms with van der Waals surface area (Å²) in [6.07, 6.45) is 36.3. The second kappa shape index (κ2) is 33.0. The molecule has 46 heavy (non-hydrogen) atoms. The summed E-state index contributed by atoms with van der Waals surface area (Å²) in [6.45, 7) is 5.90. The number of nitrogens with zero attached hydrogens (tertiary/aromatic N) is 1. The van der Waals surface area contributed by atoms with Gasteiger partial charge in [-0.3, -0.25) is 14.4 Å². The first kappa shape index (κ1) is 44.1. The molecule has 0 rings (SSSR count). The molecule has 0 heterocycles. The van der Waals surface area contributed by atoms with Gasteiger partial charge in [-0.2, -0.15) is 0 Å². The molecule has 0 saturated heterocycles. The number of unbranched alkanes of at least 4 members (excludes halogenated alkanes) is 21. The van der Waals surface area contributed by atoms with Crippen molar-refractivity contribution in [1.82, 2.24) is 0 Å². The Labute approximate surface area is 283 Å². The van der Waals surface area contributed by atoms with Crippen LogP contribution in [0.15, 0.2) is 12.2 Å². The summed E-state index contributed by atoms with van der Waals surface area (Å²) in [5, 5.41) is 27.2. The molecule has 0 unspecified atom stereocenters. The van der Waals surface area contributed by atoms with Crippen molar-refractivity contribution in [1.29, 1.82) is 0 Å². The van der Waals surface area contributed by atoms with Crippen LogP contribution in [-0.4, -0.2) is 63.9 Å². The molecule has 0 saturated carbocycles. The minimum atomic E-state index is -0.771. The average molecular weight is 653 g/mol. The van der Waals surface area contributed by atoms with Crippen LogP contribution in [0.25, 0.3) is 0 Å². The van der Waals surface area contributed by atoms with E-state index in [1.807, 2.05) is 0 Å². The maximum Gasteiger partial charge on any atom is 0.303 e. The van der Waals surface area contributed by atoms with Crippen molar-refractivity contribution in [3.8, 4) is 0 Å². The normalized spacial score (nSPS) is 11.8. The highest BCUT2D eigenvalue weighted by atomic mass is 16.4. The van der Waals surface area contributed by atoms with Gasteiger partial charge in [0, 0.05) is 19.3 Å². The molecule has 0 aliphatic rings. The fraction of sp³-hybridized carbons (Fsp3) is 0.872. The van der Waals surface area contributed by atoms with Gasteiger partial charge in [-0.1, -0.05) is 115 Å². The lowest BCUT2D eigenvalue weighted by atomic mass is 10.0. The summed E-state index contributed by atoms with van der Waals surface area (Å²) in [4.78, 5) is 33.1. The average Bonchev–Trinajstić information content (AvgIpc) is 3.02. The highest BCUT2D eigenvalue weighted by Gasteiger charge is 2.26. The molecule has 0 aromatic heterocycles. The van der Waals surface area contributed by atoms with Crippen LogP contribution in [-0.2, 0) is 14.4 Å². The lowest BCUT2D eigenvalue weighted by Gasteiger charge is -2.39. The third kappa shape index (κ3) is 32.1. The Hall–Kier alpha value is -1.89. The van der Waals surface area contributed by atoms with Gasteiger partial charge in [0.05, 0.1) is 26.2 Å². The van der Waals surface area contributed by atoms with Crippen molar-refractivity contribution in [2.45, 2.75) is 193 Å². The fourth-order valence-electron chi connectivity index (χ4n) is 6.60. The van der Waals surface area contributed by atoms with E-state index in [-0.39, 0.29) is 19.3 Å². The van der Waals surface area contributed by atoms with Gasteiger partial charge in [-0.25, -0.2) is 0 Å². The fourth-order valence-corrected chi connectivity index (χ4v) is 6.60. The van der Waals surface area contributed by atoms with Gasteiger partial charge in [0.2, 0.25) is 0 Å². The Kier molecular flexibility index (Phi) is 31.7. The van der Waals surface area contributed by atoms with Crippen molar-refractivity contribution in [3.63, 3.8) is 0 Å². The molecule has 7 heteroatoms. The van der Waals surface area contributed by atoms with Crippen molar-refractivity contribution in [3.05, 3.63) is 12.2 Å².